The summed E-state index contributed by atoms with van der Waals surface area (Å²) in [5.41, 5.74) is 0.789. The van der Waals surface area contributed by atoms with E-state index in [0.29, 0.717) is 5.56 Å². The van der Waals surface area contributed by atoms with Crippen molar-refractivity contribution in [3.8, 4) is 5.75 Å². The quantitative estimate of drug-likeness (QED) is 0.877. The van der Waals surface area contributed by atoms with Crippen molar-refractivity contribution in [2.24, 2.45) is 0 Å². The summed E-state index contributed by atoms with van der Waals surface area (Å²) in [4.78, 5) is 11.8. The number of aromatic nitrogens is 3. The number of nitrogens with zero attached hydrogens (tertiary/aromatic N) is 2. The second-order valence-electron chi connectivity index (χ2n) is 4.00. The second kappa shape index (κ2) is 6.09. The van der Waals surface area contributed by atoms with Crippen molar-refractivity contribution >= 4 is 5.91 Å². The molecule has 106 valence electrons. The number of aromatic amines is 1. The number of amides is 1. The molecule has 0 radical (unpaired) electrons. The molecule has 1 amide bonds. The van der Waals surface area contributed by atoms with Gasteiger partial charge >= 0.3 is 6.61 Å². The molecule has 0 bridgehead atoms. The zero-order valence-corrected chi connectivity index (χ0v) is 10.5. The first-order valence-corrected chi connectivity index (χ1v) is 5.77. The molecule has 1 aromatic carbocycles. The van der Waals surface area contributed by atoms with E-state index < -0.39 is 12.5 Å². The first-order valence-electron chi connectivity index (χ1n) is 5.77. The molecule has 1 unspecified atom stereocenters. The number of alkyl halides is 2. The van der Waals surface area contributed by atoms with Crippen LogP contribution in [0.4, 0.5) is 8.78 Å². The highest BCUT2D eigenvalue weighted by Crippen LogP contribution is 2.20. The highest BCUT2D eigenvalue weighted by molar-refractivity contribution is 5.92. The van der Waals surface area contributed by atoms with Gasteiger partial charge in [-0.1, -0.05) is 12.1 Å². The third-order valence-corrected chi connectivity index (χ3v) is 2.58. The second-order valence-corrected chi connectivity index (χ2v) is 4.00. The van der Waals surface area contributed by atoms with Crippen LogP contribution in [0, 0.1) is 0 Å². The van der Waals surface area contributed by atoms with Crippen molar-refractivity contribution in [3.63, 3.8) is 0 Å². The molecule has 0 aliphatic rings. The van der Waals surface area contributed by atoms with E-state index in [4.69, 9.17) is 0 Å². The molecular weight excluding hydrogens is 270 g/mol. The van der Waals surface area contributed by atoms with E-state index in [1.54, 1.807) is 19.1 Å². The Hall–Kier alpha value is -2.51. The summed E-state index contributed by atoms with van der Waals surface area (Å²) in [7, 11) is 0. The number of hydrogen-bond acceptors (Lipinski definition) is 4. The monoisotopic (exact) mass is 282 g/mol. The summed E-state index contributed by atoms with van der Waals surface area (Å²) in [5.74, 6) is -0.369. The van der Waals surface area contributed by atoms with Crippen molar-refractivity contribution in [1.82, 2.24) is 20.7 Å². The van der Waals surface area contributed by atoms with Crippen molar-refractivity contribution in [1.29, 1.82) is 0 Å². The fraction of sp³-hybridized carbons (Fsp3) is 0.250. The molecule has 1 aromatic heterocycles. The van der Waals surface area contributed by atoms with Crippen LogP contribution in [0.25, 0.3) is 0 Å². The van der Waals surface area contributed by atoms with Crippen LogP contribution in [0.15, 0.2) is 30.5 Å². The van der Waals surface area contributed by atoms with Crippen LogP contribution in [0.1, 0.15) is 29.0 Å². The average Bonchev–Trinajstić information content (AvgIpc) is 2.92. The van der Waals surface area contributed by atoms with E-state index in [-0.39, 0.29) is 17.5 Å². The lowest BCUT2D eigenvalue weighted by Crippen LogP contribution is -2.27. The number of nitrogens with one attached hydrogen (secondary N) is 2. The Balaban J connectivity index is 2.05. The van der Waals surface area contributed by atoms with Crippen LogP contribution in [0.3, 0.4) is 0 Å². The molecule has 2 aromatic rings. The summed E-state index contributed by atoms with van der Waals surface area (Å²) in [6.45, 7) is -1.16. The first kappa shape index (κ1) is 13.9. The van der Waals surface area contributed by atoms with Gasteiger partial charge in [-0.3, -0.25) is 4.79 Å². The maximum atomic E-state index is 12.1. The molecule has 1 heterocycles. The molecule has 20 heavy (non-hydrogen) atoms. The number of carbonyl (C=O) groups excluding carboxylic acids is 1. The van der Waals surface area contributed by atoms with Crippen LogP contribution < -0.4 is 10.1 Å². The third kappa shape index (κ3) is 3.50. The number of hydrogen-bond donors (Lipinski definition) is 2. The zero-order valence-electron chi connectivity index (χ0n) is 10.5. The van der Waals surface area contributed by atoms with Gasteiger partial charge in [-0.25, -0.2) is 0 Å². The molecule has 1 atom stereocenters. The molecular formula is C12H12F2N4O2. The molecule has 2 rings (SSSR count). The third-order valence-electron chi connectivity index (χ3n) is 2.58. The van der Waals surface area contributed by atoms with Gasteiger partial charge in [-0.15, -0.1) is 0 Å². The molecule has 0 saturated heterocycles. The smallest absolute Gasteiger partial charge is 0.387 e. The highest BCUT2D eigenvalue weighted by Gasteiger charge is 2.14. The maximum absolute atomic E-state index is 12.1. The van der Waals surface area contributed by atoms with Gasteiger partial charge in [0.1, 0.15) is 5.75 Å². The van der Waals surface area contributed by atoms with E-state index in [1.807, 2.05) is 0 Å². The van der Waals surface area contributed by atoms with Gasteiger partial charge in [0.15, 0.2) is 5.69 Å². The fourth-order valence-electron chi connectivity index (χ4n) is 1.62. The van der Waals surface area contributed by atoms with Crippen LogP contribution in [0.5, 0.6) is 5.75 Å². The molecule has 0 aliphatic carbocycles. The molecule has 0 fully saturated rings. The molecule has 6 nitrogen and oxygen atoms in total. The van der Waals surface area contributed by atoms with E-state index in [0.717, 1.165) is 0 Å². The van der Waals surface area contributed by atoms with Gasteiger partial charge in [0.2, 0.25) is 0 Å². The van der Waals surface area contributed by atoms with Gasteiger partial charge in [0.25, 0.3) is 5.91 Å². The number of benzene rings is 1. The summed E-state index contributed by atoms with van der Waals surface area (Å²) >= 11 is 0. The number of rotatable bonds is 5. The lowest BCUT2D eigenvalue weighted by molar-refractivity contribution is -0.0499. The molecule has 0 spiro atoms. The zero-order chi connectivity index (χ0) is 14.5. The van der Waals surface area contributed by atoms with Crippen molar-refractivity contribution in [3.05, 3.63) is 41.7 Å². The molecule has 0 aliphatic heterocycles. The van der Waals surface area contributed by atoms with Crippen LogP contribution in [-0.2, 0) is 0 Å². The van der Waals surface area contributed by atoms with Gasteiger partial charge in [-0.2, -0.15) is 24.2 Å². The van der Waals surface area contributed by atoms with E-state index in [1.165, 1.54) is 18.3 Å². The lowest BCUT2D eigenvalue weighted by Gasteiger charge is -2.14. The lowest BCUT2D eigenvalue weighted by atomic mass is 10.1. The highest BCUT2D eigenvalue weighted by atomic mass is 19.3. The standard InChI is InChI=1S/C12H12F2N4O2/c1-7(16-11(19)10-6-15-18-17-10)8-3-2-4-9(5-8)20-12(13)14/h2-7,12H,1H3,(H,16,19)(H,15,17,18). The number of carbonyl (C=O) groups is 1. The summed E-state index contributed by atoms with van der Waals surface area (Å²) in [6, 6.07) is 5.75. The van der Waals surface area contributed by atoms with Crippen LogP contribution in [0.2, 0.25) is 0 Å². The summed E-state index contributed by atoms with van der Waals surface area (Å²) < 4.78 is 28.6. The largest absolute Gasteiger partial charge is 0.435 e. The van der Waals surface area contributed by atoms with E-state index in [2.05, 4.69) is 25.5 Å². The predicted octanol–water partition coefficient (Wildman–Crippen LogP) is 1.90. The number of ether oxygens (including phenoxy) is 1. The van der Waals surface area contributed by atoms with E-state index >= 15 is 0 Å². The Morgan fingerprint density at radius 3 is 2.90 bits per heavy atom. The minimum atomic E-state index is -2.88. The predicted molar refractivity (Wildman–Crippen MR) is 65.3 cm³/mol. The Kier molecular flexibility index (Phi) is 4.24. The molecule has 8 heteroatoms. The topological polar surface area (TPSA) is 79.9 Å². The minimum Gasteiger partial charge on any atom is -0.435 e. The van der Waals surface area contributed by atoms with E-state index in [9.17, 15) is 13.6 Å². The van der Waals surface area contributed by atoms with Crippen molar-refractivity contribution in [2.75, 3.05) is 0 Å². The average molecular weight is 282 g/mol. The van der Waals surface area contributed by atoms with Gasteiger partial charge < -0.3 is 10.1 Å². The normalized spacial score (nSPS) is 12.2. The Labute approximate surface area is 113 Å². The minimum absolute atomic E-state index is 0.0417. The molecule has 0 saturated carbocycles. The van der Waals surface area contributed by atoms with Crippen molar-refractivity contribution in [2.45, 2.75) is 19.6 Å². The fourth-order valence-corrected chi connectivity index (χ4v) is 1.62. The van der Waals surface area contributed by atoms with Gasteiger partial charge in [0, 0.05) is 0 Å². The SMILES string of the molecule is CC(NC(=O)c1cn[nH]n1)c1cccc(OC(F)F)c1. The van der Waals surface area contributed by atoms with Crippen LogP contribution >= 0.6 is 0 Å². The Morgan fingerprint density at radius 2 is 2.25 bits per heavy atom. The van der Waals surface area contributed by atoms with Gasteiger partial charge in [0.05, 0.1) is 12.2 Å². The maximum Gasteiger partial charge on any atom is 0.387 e. The molecule has 2 N–H and O–H groups in total. The first-order chi connectivity index (χ1) is 9.56. The summed E-state index contributed by atoms with van der Waals surface area (Å²) in [5, 5.41) is 12.2. The Bertz CT molecular complexity index is 575. The number of H-pyrrole nitrogens is 1. The summed E-state index contributed by atoms with van der Waals surface area (Å²) in [6.07, 6.45) is 1.29. The van der Waals surface area contributed by atoms with Gasteiger partial charge in [-0.05, 0) is 24.6 Å². The van der Waals surface area contributed by atoms with Crippen LogP contribution in [-0.4, -0.2) is 27.9 Å². The van der Waals surface area contributed by atoms with Crippen molar-refractivity contribution < 1.29 is 18.3 Å². The number of halogens is 2. The Morgan fingerprint density at radius 1 is 1.45 bits per heavy atom.